The maximum atomic E-state index is 9.28. The number of aliphatic hydroxyl groups excluding tert-OH is 1. The first kappa shape index (κ1) is 9.53. The van der Waals surface area contributed by atoms with Gasteiger partial charge >= 0.3 is 0 Å². The fourth-order valence-electron chi connectivity index (χ4n) is 2.30. The molecule has 14 heavy (non-hydrogen) atoms. The van der Waals surface area contributed by atoms with E-state index in [2.05, 4.69) is 36.1 Å². The van der Waals surface area contributed by atoms with Gasteiger partial charge in [-0.15, -0.1) is 0 Å². The molecule has 76 valence electrons. The lowest BCUT2D eigenvalue weighted by Gasteiger charge is -2.37. The van der Waals surface area contributed by atoms with E-state index in [1.165, 1.54) is 11.3 Å². The Morgan fingerprint density at radius 1 is 1.43 bits per heavy atom. The molecule has 0 saturated carbocycles. The summed E-state index contributed by atoms with van der Waals surface area (Å²) in [6, 6.07) is 8.81. The third-order valence-corrected chi connectivity index (χ3v) is 3.04. The number of anilines is 1. The highest BCUT2D eigenvalue weighted by Crippen LogP contribution is 2.29. The van der Waals surface area contributed by atoms with E-state index in [9.17, 15) is 5.11 Å². The average molecular weight is 191 g/mol. The van der Waals surface area contributed by atoms with Gasteiger partial charge in [-0.25, -0.2) is 0 Å². The molecule has 2 rings (SSSR count). The van der Waals surface area contributed by atoms with E-state index in [1.54, 1.807) is 0 Å². The molecule has 2 nitrogen and oxygen atoms in total. The van der Waals surface area contributed by atoms with Gasteiger partial charge in [0.15, 0.2) is 0 Å². The fraction of sp³-hybridized carbons (Fsp3) is 0.500. The van der Waals surface area contributed by atoms with Crippen LogP contribution in [0.3, 0.4) is 0 Å². The summed E-state index contributed by atoms with van der Waals surface area (Å²) >= 11 is 0. The summed E-state index contributed by atoms with van der Waals surface area (Å²) in [7, 11) is 0. The van der Waals surface area contributed by atoms with E-state index in [1.807, 2.05) is 0 Å². The van der Waals surface area contributed by atoms with E-state index < -0.39 is 0 Å². The van der Waals surface area contributed by atoms with Crippen LogP contribution in [0.25, 0.3) is 0 Å². The lowest BCUT2D eigenvalue weighted by Crippen LogP contribution is -2.41. The van der Waals surface area contributed by atoms with Crippen LogP contribution in [0.5, 0.6) is 0 Å². The van der Waals surface area contributed by atoms with Gasteiger partial charge in [0.25, 0.3) is 0 Å². The Kier molecular flexibility index (Phi) is 2.73. The minimum Gasteiger partial charge on any atom is -0.394 e. The Morgan fingerprint density at radius 2 is 2.21 bits per heavy atom. The number of para-hydroxylation sites is 1. The van der Waals surface area contributed by atoms with Crippen LogP contribution in [0.4, 0.5) is 5.69 Å². The smallest absolute Gasteiger partial charge is 0.0635 e. The molecular formula is C12H17NO. The van der Waals surface area contributed by atoms with Gasteiger partial charge in [0, 0.05) is 12.2 Å². The summed E-state index contributed by atoms with van der Waals surface area (Å²) in [4.78, 5) is 2.30. The topological polar surface area (TPSA) is 23.5 Å². The van der Waals surface area contributed by atoms with Crippen LogP contribution in [0, 0.1) is 0 Å². The van der Waals surface area contributed by atoms with Gasteiger partial charge in [0.2, 0.25) is 0 Å². The number of rotatable bonds is 2. The third kappa shape index (κ3) is 1.50. The standard InChI is InChI=1S/C12H17NO/c1-2-13-11(9-14)8-7-10-5-3-4-6-12(10)13/h3-6,11,14H,2,7-9H2,1H3. The van der Waals surface area contributed by atoms with Crippen LogP contribution in [0.2, 0.25) is 0 Å². The second kappa shape index (κ2) is 4.01. The van der Waals surface area contributed by atoms with E-state index in [0.717, 1.165) is 19.4 Å². The fourth-order valence-corrected chi connectivity index (χ4v) is 2.30. The lowest BCUT2D eigenvalue weighted by atomic mass is 9.96. The van der Waals surface area contributed by atoms with Crippen molar-refractivity contribution in [1.29, 1.82) is 0 Å². The molecule has 0 aliphatic carbocycles. The molecule has 1 N–H and O–H groups in total. The molecule has 0 bridgehead atoms. The van der Waals surface area contributed by atoms with Crippen molar-refractivity contribution in [3.63, 3.8) is 0 Å². The summed E-state index contributed by atoms with van der Waals surface area (Å²) < 4.78 is 0. The normalized spacial score (nSPS) is 20.7. The van der Waals surface area contributed by atoms with Crippen LogP contribution in [-0.2, 0) is 6.42 Å². The first-order valence-corrected chi connectivity index (χ1v) is 5.32. The Labute approximate surface area is 85.2 Å². The Hall–Kier alpha value is -1.02. The zero-order valence-corrected chi connectivity index (χ0v) is 8.61. The van der Waals surface area contributed by atoms with Crippen LogP contribution in [-0.4, -0.2) is 24.3 Å². The Bertz CT molecular complexity index is 311. The molecule has 0 spiro atoms. The number of likely N-dealkylation sites (N-methyl/N-ethyl adjacent to an activating group) is 1. The SMILES string of the molecule is CCN1c2ccccc2CCC1CO. The van der Waals surface area contributed by atoms with Crippen LogP contribution in [0.1, 0.15) is 18.9 Å². The van der Waals surface area contributed by atoms with Crippen molar-refractivity contribution in [2.45, 2.75) is 25.8 Å². The minimum atomic E-state index is 0.266. The van der Waals surface area contributed by atoms with Crippen LogP contribution < -0.4 is 4.90 Å². The number of benzene rings is 1. The number of hydrogen-bond acceptors (Lipinski definition) is 2. The molecule has 1 aliphatic heterocycles. The first-order valence-electron chi connectivity index (χ1n) is 5.32. The molecule has 0 saturated heterocycles. The first-order chi connectivity index (χ1) is 6.86. The van der Waals surface area contributed by atoms with E-state index >= 15 is 0 Å². The molecule has 1 unspecified atom stereocenters. The van der Waals surface area contributed by atoms with Crippen LogP contribution in [0.15, 0.2) is 24.3 Å². The summed E-state index contributed by atoms with van der Waals surface area (Å²) in [6.07, 6.45) is 2.17. The number of fused-ring (bicyclic) bond motifs is 1. The number of hydrogen-bond donors (Lipinski definition) is 1. The number of aliphatic hydroxyl groups is 1. The van der Waals surface area contributed by atoms with Crippen molar-refractivity contribution < 1.29 is 5.11 Å². The highest BCUT2D eigenvalue weighted by Gasteiger charge is 2.23. The van der Waals surface area contributed by atoms with Crippen molar-refractivity contribution in [1.82, 2.24) is 0 Å². The largest absolute Gasteiger partial charge is 0.394 e. The van der Waals surface area contributed by atoms with Gasteiger partial charge < -0.3 is 10.0 Å². The molecule has 2 heteroatoms. The molecule has 1 aromatic rings. The minimum absolute atomic E-state index is 0.266. The molecule has 1 atom stereocenters. The summed E-state index contributed by atoms with van der Waals surface area (Å²) in [5.74, 6) is 0. The van der Waals surface area contributed by atoms with E-state index in [0.29, 0.717) is 6.04 Å². The van der Waals surface area contributed by atoms with Gasteiger partial charge in [-0.1, -0.05) is 18.2 Å². The molecule has 0 fully saturated rings. The quantitative estimate of drug-likeness (QED) is 0.770. The zero-order valence-electron chi connectivity index (χ0n) is 8.61. The number of nitrogens with zero attached hydrogens (tertiary/aromatic N) is 1. The van der Waals surface area contributed by atoms with Gasteiger partial charge in [-0.3, -0.25) is 0 Å². The number of aryl methyl sites for hydroxylation is 1. The Morgan fingerprint density at radius 3 is 2.93 bits per heavy atom. The van der Waals surface area contributed by atoms with Gasteiger partial charge in [-0.2, -0.15) is 0 Å². The van der Waals surface area contributed by atoms with Crippen molar-refractivity contribution in [3.05, 3.63) is 29.8 Å². The summed E-state index contributed by atoms with van der Waals surface area (Å²) in [5, 5.41) is 9.28. The van der Waals surface area contributed by atoms with Crippen molar-refractivity contribution in [3.8, 4) is 0 Å². The predicted molar refractivity (Wildman–Crippen MR) is 58.7 cm³/mol. The van der Waals surface area contributed by atoms with Gasteiger partial charge in [-0.05, 0) is 31.4 Å². The molecule has 1 aromatic carbocycles. The maximum Gasteiger partial charge on any atom is 0.0635 e. The van der Waals surface area contributed by atoms with Crippen molar-refractivity contribution in [2.24, 2.45) is 0 Å². The highest BCUT2D eigenvalue weighted by molar-refractivity contribution is 5.56. The van der Waals surface area contributed by atoms with Gasteiger partial charge in [0.1, 0.15) is 0 Å². The summed E-state index contributed by atoms with van der Waals surface area (Å²) in [5.41, 5.74) is 2.72. The maximum absolute atomic E-state index is 9.28. The predicted octanol–water partition coefficient (Wildman–Crippen LogP) is 1.82. The molecule has 1 heterocycles. The summed E-state index contributed by atoms with van der Waals surface area (Å²) in [6.45, 7) is 3.38. The average Bonchev–Trinajstić information content (AvgIpc) is 2.27. The second-order valence-electron chi connectivity index (χ2n) is 3.79. The van der Waals surface area contributed by atoms with Crippen molar-refractivity contribution in [2.75, 3.05) is 18.1 Å². The van der Waals surface area contributed by atoms with Gasteiger partial charge in [0.05, 0.1) is 12.6 Å². The highest BCUT2D eigenvalue weighted by atomic mass is 16.3. The van der Waals surface area contributed by atoms with E-state index in [-0.39, 0.29) is 6.61 Å². The molecule has 0 amide bonds. The molecule has 0 aromatic heterocycles. The zero-order chi connectivity index (χ0) is 9.97. The molecular weight excluding hydrogens is 174 g/mol. The van der Waals surface area contributed by atoms with Crippen LogP contribution >= 0.6 is 0 Å². The second-order valence-corrected chi connectivity index (χ2v) is 3.79. The Balaban J connectivity index is 2.34. The lowest BCUT2D eigenvalue weighted by molar-refractivity contribution is 0.250. The van der Waals surface area contributed by atoms with Crippen molar-refractivity contribution >= 4 is 5.69 Å². The molecule has 1 aliphatic rings. The van der Waals surface area contributed by atoms with E-state index in [4.69, 9.17) is 0 Å². The molecule has 0 radical (unpaired) electrons. The third-order valence-electron chi connectivity index (χ3n) is 3.04. The monoisotopic (exact) mass is 191 g/mol.